The van der Waals surface area contributed by atoms with Crippen LogP contribution in [0.5, 0.6) is 0 Å². The first-order chi connectivity index (χ1) is 15.4. The second kappa shape index (κ2) is 10.3. The number of ether oxygens (including phenoxy) is 1. The van der Waals surface area contributed by atoms with E-state index < -0.39 is 41.2 Å². The summed E-state index contributed by atoms with van der Waals surface area (Å²) < 4.78 is 5.09. The van der Waals surface area contributed by atoms with Gasteiger partial charge in [-0.25, -0.2) is 14.4 Å². The van der Waals surface area contributed by atoms with Gasteiger partial charge in [-0.15, -0.1) is 0 Å². The normalized spacial score (nSPS) is 19.5. The van der Waals surface area contributed by atoms with Crippen LogP contribution in [0.25, 0.3) is 0 Å². The fourth-order valence-corrected chi connectivity index (χ4v) is 3.41. The van der Waals surface area contributed by atoms with Gasteiger partial charge in [-0.2, -0.15) is 5.10 Å². The van der Waals surface area contributed by atoms with Crippen LogP contribution in [0.2, 0.25) is 0 Å². The fraction of sp³-hybridized carbons (Fsp3) is 0.500. The number of aliphatic carboxylic acids is 1. The number of carboxylic acid groups (broad SMARTS) is 1. The molecule has 2 atom stereocenters. The third kappa shape index (κ3) is 6.67. The number of amides is 4. The minimum atomic E-state index is -1.21. The summed E-state index contributed by atoms with van der Waals surface area (Å²) in [7, 11) is 0. The molecule has 4 amide bonds. The predicted octanol–water partition coefficient (Wildman–Crippen LogP) is 1.89. The Hall–Kier alpha value is -3.63. The van der Waals surface area contributed by atoms with Gasteiger partial charge < -0.3 is 26.3 Å². The number of carbonyl (C=O) groups is 4. The molecule has 1 heterocycles. The van der Waals surface area contributed by atoms with Crippen molar-refractivity contribution in [3.63, 3.8) is 0 Å². The molecular formula is C22H31N5O6. The average molecular weight is 462 g/mol. The topological polar surface area (TPSA) is 163 Å². The lowest BCUT2D eigenvalue weighted by atomic mass is 9.91. The maximum Gasteiger partial charge on any atom is 0.408 e. The number of nitrogens with two attached hydrogens (primary N) is 1. The van der Waals surface area contributed by atoms with Crippen LogP contribution in [0.3, 0.4) is 0 Å². The van der Waals surface area contributed by atoms with E-state index in [-0.39, 0.29) is 13.0 Å². The Kier molecular flexibility index (Phi) is 8.02. The molecule has 0 saturated carbocycles. The molecule has 0 radical (unpaired) electrons. The molecule has 1 aromatic rings. The van der Waals surface area contributed by atoms with Crippen molar-refractivity contribution in [2.24, 2.45) is 10.9 Å². The lowest BCUT2D eigenvalue weighted by Gasteiger charge is -2.23. The lowest BCUT2D eigenvalue weighted by Crippen LogP contribution is -2.43. The SMILES string of the molecule is CC(C)(C)OC(=O)N[C@@H](CCCCN1C(=O)N[C@](C)(c2ccc(C=NN)cc2)C1=O)C(=O)O. The predicted molar refractivity (Wildman–Crippen MR) is 120 cm³/mol. The van der Waals surface area contributed by atoms with E-state index in [4.69, 9.17) is 10.6 Å². The first kappa shape index (κ1) is 25.6. The molecule has 11 nitrogen and oxygen atoms in total. The maximum absolute atomic E-state index is 13.0. The summed E-state index contributed by atoms with van der Waals surface area (Å²) in [4.78, 5) is 49.9. The largest absolute Gasteiger partial charge is 0.480 e. The number of alkyl carbamates (subject to hydrolysis) is 1. The van der Waals surface area contributed by atoms with Crippen LogP contribution in [0, 0.1) is 0 Å². The Bertz CT molecular complexity index is 924. The number of urea groups is 1. The van der Waals surface area contributed by atoms with Crippen molar-refractivity contribution in [3.05, 3.63) is 35.4 Å². The van der Waals surface area contributed by atoms with E-state index in [1.165, 1.54) is 6.21 Å². The van der Waals surface area contributed by atoms with Gasteiger partial charge in [-0.1, -0.05) is 24.3 Å². The maximum atomic E-state index is 13.0. The fourth-order valence-electron chi connectivity index (χ4n) is 3.41. The van der Waals surface area contributed by atoms with Gasteiger partial charge in [-0.3, -0.25) is 9.69 Å². The summed E-state index contributed by atoms with van der Waals surface area (Å²) in [6.45, 7) is 6.78. The molecule has 0 bridgehead atoms. The summed E-state index contributed by atoms with van der Waals surface area (Å²) in [6, 6.07) is 5.27. The van der Waals surface area contributed by atoms with Crippen LogP contribution in [-0.4, -0.2) is 58.4 Å². The zero-order chi connectivity index (χ0) is 24.8. The van der Waals surface area contributed by atoms with Gasteiger partial charge in [0.25, 0.3) is 5.91 Å². The van der Waals surface area contributed by atoms with E-state index in [0.717, 1.165) is 10.5 Å². The smallest absolute Gasteiger partial charge is 0.408 e. The number of imide groups is 1. The summed E-state index contributed by atoms with van der Waals surface area (Å²) >= 11 is 0. The molecule has 1 aromatic carbocycles. The number of hydrogen-bond acceptors (Lipinski definition) is 7. The average Bonchev–Trinajstić information content (AvgIpc) is 2.93. The quantitative estimate of drug-likeness (QED) is 0.143. The molecule has 11 heteroatoms. The van der Waals surface area contributed by atoms with Crippen molar-refractivity contribution in [1.82, 2.24) is 15.5 Å². The van der Waals surface area contributed by atoms with Gasteiger partial charge in [0.15, 0.2) is 0 Å². The van der Waals surface area contributed by atoms with Crippen molar-refractivity contribution in [2.75, 3.05) is 6.54 Å². The van der Waals surface area contributed by atoms with E-state index in [1.54, 1.807) is 52.0 Å². The molecule has 1 fully saturated rings. The van der Waals surface area contributed by atoms with Gasteiger partial charge in [0, 0.05) is 6.54 Å². The summed E-state index contributed by atoms with van der Waals surface area (Å²) in [5.41, 5.74) is -0.588. The molecular weight excluding hydrogens is 430 g/mol. The van der Waals surface area contributed by atoms with Gasteiger partial charge in [-0.05, 0) is 58.1 Å². The standard InChI is InChI=1S/C22H31N5O6/c1-21(2,3)33-20(32)25-16(17(28)29)7-5-6-12-27-18(30)22(4,26-19(27)31)15-10-8-14(9-11-15)13-24-23/h8-11,13,16H,5-7,12,23H2,1-4H3,(H,25,32)(H,26,31)(H,28,29)/t16-,22+/m0/s1. The monoisotopic (exact) mass is 461 g/mol. The molecule has 2 rings (SSSR count). The number of hydrazone groups is 1. The van der Waals surface area contributed by atoms with Crippen LogP contribution in [0.4, 0.5) is 9.59 Å². The number of carbonyl (C=O) groups excluding carboxylic acids is 3. The zero-order valence-corrected chi connectivity index (χ0v) is 19.3. The van der Waals surface area contributed by atoms with E-state index in [0.29, 0.717) is 18.4 Å². The highest BCUT2D eigenvalue weighted by Crippen LogP contribution is 2.29. The second-order valence-electron chi connectivity index (χ2n) is 8.94. The number of rotatable bonds is 9. The van der Waals surface area contributed by atoms with Crippen molar-refractivity contribution >= 4 is 30.2 Å². The number of unbranched alkanes of at least 4 members (excludes halogenated alkanes) is 1. The molecule has 0 unspecified atom stereocenters. The first-order valence-corrected chi connectivity index (χ1v) is 10.6. The number of nitrogens with zero attached hydrogens (tertiary/aromatic N) is 2. The highest BCUT2D eigenvalue weighted by Gasteiger charge is 2.48. The second-order valence-corrected chi connectivity index (χ2v) is 8.94. The van der Waals surface area contributed by atoms with Crippen molar-refractivity contribution in [2.45, 2.75) is 64.1 Å². The van der Waals surface area contributed by atoms with Crippen LogP contribution in [0.15, 0.2) is 29.4 Å². The lowest BCUT2D eigenvalue weighted by molar-refractivity contribution is -0.139. The van der Waals surface area contributed by atoms with Gasteiger partial charge in [0.1, 0.15) is 17.2 Å². The van der Waals surface area contributed by atoms with Crippen molar-refractivity contribution in [3.8, 4) is 0 Å². The number of hydrogen-bond donors (Lipinski definition) is 4. The molecule has 33 heavy (non-hydrogen) atoms. The third-order valence-electron chi connectivity index (χ3n) is 5.10. The highest BCUT2D eigenvalue weighted by molar-refractivity contribution is 6.07. The minimum Gasteiger partial charge on any atom is -0.480 e. The molecule has 180 valence electrons. The van der Waals surface area contributed by atoms with Crippen LogP contribution in [0.1, 0.15) is 58.1 Å². The Morgan fingerprint density at radius 3 is 2.45 bits per heavy atom. The van der Waals surface area contributed by atoms with Crippen LogP contribution >= 0.6 is 0 Å². The molecule has 5 N–H and O–H groups in total. The van der Waals surface area contributed by atoms with E-state index in [1.807, 2.05) is 0 Å². The summed E-state index contributed by atoms with van der Waals surface area (Å²) in [6.07, 6.45) is 1.52. The minimum absolute atomic E-state index is 0.122. The van der Waals surface area contributed by atoms with Crippen molar-refractivity contribution < 1.29 is 29.0 Å². The molecule has 0 aliphatic carbocycles. The van der Waals surface area contributed by atoms with Gasteiger partial charge in [0.05, 0.1) is 6.21 Å². The molecule has 1 saturated heterocycles. The van der Waals surface area contributed by atoms with E-state index in [9.17, 15) is 24.3 Å². The van der Waals surface area contributed by atoms with Crippen LogP contribution in [-0.2, 0) is 19.9 Å². The van der Waals surface area contributed by atoms with Gasteiger partial charge >= 0.3 is 18.1 Å². The Morgan fingerprint density at radius 1 is 1.27 bits per heavy atom. The molecule has 0 spiro atoms. The Morgan fingerprint density at radius 2 is 1.91 bits per heavy atom. The molecule has 0 aromatic heterocycles. The third-order valence-corrected chi connectivity index (χ3v) is 5.10. The Balaban J connectivity index is 1.93. The molecule has 1 aliphatic rings. The van der Waals surface area contributed by atoms with E-state index >= 15 is 0 Å². The summed E-state index contributed by atoms with van der Waals surface area (Å²) in [5.74, 6) is 3.56. The van der Waals surface area contributed by atoms with Gasteiger partial charge in [0.2, 0.25) is 0 Å². The highest BCUT2D eigenvalue weighted by atomic mass is 16.6. The number of carboxylic acids is 1. The zero-order valence-electron chi connectivity index (χ0n) is 19.3. The van der Waals surface area contributed by atoms with Crippen molar-refractivity contribution in [1.29, 1.82) is 0 Å². The number of nitrogens with one attached hydrogen (secondary N) is 2. The van der Waals surface area contributed by atoms with E-state index in [2.05, 4.69) is 15.7 Å². The molecule has 1 aliphatic heterocycles. The summed E-state index contributed by atoms with van der Waals surface area (Å²) in [5, 5.41) is 17.9. The Labute approximate surface area is 192 Å². The van der Waals surface area contributed by atoms with Crippen LogP contribution < -0.4 is 16.5 Å². The number of benzene rings is 1. The first-order valence-electron chi connectivity index (χ1n) is 10.6.